The van der Waals surface area contributed by atoms with Gasteiger partial charge in [0.15, 0.2) is 0 Å². The Labute approximate surface area is 168 Å². The third-order valence-electron chi connectivity index (χ3n) is 5.38. The van der Waals surface area contributed by atoms with Crippen molar-refractivity contribution in [3.8, 4) is 6.07 Å². The normalized spacial score (nSPS) is 20.9. The molecule has 7 heteroatoms. The van der Waals surface area contributed by atoms with Crippen LogP contribution in [-0.4, -0.2) is 46.7 Å². The number of fused-ring (bicyclic) bond motifs is 2. The van der Waals surface area contributed by atoms with E-state index in [-0.39, 0.29) is 23.8 Å². The van der Waals surface area contributed by atoms with Crippen molar-refractivity contribution in [1.82, 2.24) is 9.88 Å². The second-order valence-electron chi connectivity index (χ2n) is 7.23. The summed E-state index contributed by atoms with van der Waals surface area (Å²) in [5.41, 5.74) is 1.58. The molecule has 2 aliphatic heterocycles. The highest BCUT2D eigenvalue weighted by Crippen LogP contribution is 2.34. The molecule has 2 fully saturated rings. The molecule has 1 amide bonds. The molecule has 0 saturated carbocycles. The van der Waals surface area contributed by atoms with Crippen LogP contribution in [0.3, 0.4) is 0 Å². The summed E-state index contributed by atoms with van der Waals surface area (Å²) in [5.74, 6) is 1.95. The van der Waals surface area contributed by atoms with Gasteiger partial charge in [-0.05, 0) is 42.7 Å². The molecule has 1 aromatic carbocycles. The van der Waals surface area contributed by atoms with Crippen molar-refractivity contribution >= 4 is 23.5 Å². The molecule has 2 unspecified atom stereocenters. The lowest BCUT2D eigenvalue weighted by atomic mass is 10.1. The maximum Gasteiger partial charge on any atom is 0.232 e. The molecule has 2 aromatic rings. The maximum atomic E-state index is 13.0. The number of aromatic nitrogens is 1. The number of hydrogen-bond donors (Lipinski definition) is 0. The molecule has 28 heavy (non-hydrogen) atoms. The molecule has 0 aliphatic carbocycles. The first-order valence-corrected chi connectivity index (χ1v) is 10.5. The van der Waals surface area contributed by atoms with E-state index in [2.05, 4.69) is 16.0 Å². The second kappa shape index (κ2) is 8.19. The van der Waals surface area contributed by atoms with E-state index in [9.17, 15) is 9.18 Å². The van der Waals surface area contributed by atoms with Crippen LogP contribution in [0.25, 0.3) is 0 Å². The summed E-state index contributed by atoms with van der Waals surface area (Å²) in [6.45, 7) is 1.43. The van der Waals surface area contributed by atoms with Gasteiger partial charge in [-0.2, -0.15) is 5.26 Å². The van der Waals surface area contributed by atoms with Crippen LogP contribution in [0.15, 0.2) is 42.6 Å². The molecule has 3 heterocycles. The fraction of sp³-hybridized carbons (Fsp3) is 0.381. The van der Waals surface area contributed by atoms with E-state index in [0.29, 0.717) is 30.2 Å². The Morgan fingerprint density at radius 1 is 1.18 bits per heavy atom. The first kappa shape index (κ1) is 18.8. The van der Waals surface area contributed by atoms with E-state index < -0.39 is 0 Å². The van der Waals surface area contributed by atoms with E-state index in [0.717, 1.165) is 24.2 Å². The zero-order valence-electron chi connectivity index (χ0n) is 15.4. The van der Waals surface area contributed by atoms with Gasteiger partial charge in [0.1, 0.15) is 17.7 Å². The fourth-order valence-electron chi connectivity index (χ4n) is 4.01. The third kappa shape index (κ3) is 3.97. The number of hydrogen-bond acceptors (Lipinski definition) is 5. The number of halogens is 1. The van der Waals surface area contributed by atoms with E-state index in [1.165, 1.54) is 12.1 Å². The topological polar surface area (TPSA) is 60.2 Å². The number of benzene rings is 1. The summed E-state index contributed by atoms with van der Waals surface area (Å²) in [7, 11) is 0. The number of pyridine rings is 1. The molecular weight excluding hydrogens is 375 g/mol. The first-order chi connectivity index (χ1) is 13.6. The smallest absolute Gasteiger partial charge is 0.232 e. The highest BCUT2D eigenvalue weighted by atomic mass is 32.2. The zero-order valence-corrected chi connectivity index (χ0v) is 16.2. The van der Waals surface area contributed by atoms with E-state index >= 15 is 0 Å². The van der Waals surface area contributed by atoms with Gasteiger partial charge in [-0.25, -0.2) is 9.37 Å². The van der Waals surface area contributed by atoms with Gasteiger partial charge in [0, 0.05) is 37.1 Å². The second-order valence-corrected chi connectivity index (χ2v) is 8.21. The fourth-order valence-corrected chi connectivity index (χ4v) is 4.90. The monoisotopic (exact) mass is 396 g/mol. The Kier molecular flexibility index (Phi) is 5.49. The van der Waals surface area contributed by atoms with Crippen molar-refractivity contribution < 1.29 is 9.18 Å². The van der Waals surface area contributed by atoms with Crippen molar-refractivity contribution in [3.05, 3.63) is 59.5 Å². The molecule has 1 aromatic heterocycles. The number of nitrogens with zero attached hydrogens (tertiary/aromatic N) is 4. The summed E-state index contributed by atoms with van der Waals surface area (Å²) in [4.78, 5) is 21.4. The van der Waals surface area contributed by atoms with Crippen LogP contribution in [-0.2, 0) is 10.5 Å². The number of anilines is 1. The Balaban J connectivity index is 1.32. The number of amides is 1. The van der Waals surface area contributed by atoms with Gasteiger partial charge in [-0.1, -0.05) is 12.1 Å². The lowest BCUT2D eigenvalue weighted by molar-refractivity contribution is -0.129. The maximum absolute atomic E-state index is 13.0. The van der Waals surface area contributed by atoms with Crippen molar-refractivity contribution in [3.63, 3.8) is 0 Å². The van der Waals surface area contributed by atoms with Crippen LogP contribution < -0.4 is 4.90 Å². The Morgan fingerprint density at radius 2 is 1.89 bits per heavy atom. The highest BCUT2D eigenvalue weighted by Gasteiger charge is 2.41. The van der Waals surface area contributed by atoms with Crippen LogP contribution in [0.4, 0.5) is 10.2 Å². The number of nitriles is 1. The first-order valence-electron chi connectivity index (χ1n) is 9.38. The molecule has 0 spiro atoms. The lowest BCUT2D eigenvalue weighted by Gasteiger charge is -2.41. The minimum Gasteiger partial charge on any atom is -0.347 e. The van der Waals surface area contributed by atoms with Crippen LogP contribution in [0.1, 0.15) is 24.0 Å². The number of likely N-dealkylation sites (tertiary alicyclic amines) is 1. The number of carbonyl (C=O) groups excluding carboxylic acids is 1. The molecule has 144 valence electrons. The van der Waals surface area contributed by atoms with E-state index in [1.807, 2.05) is 11.0 Å². The summed E-state index contributed by atoms with van der Waals surface area (Å²) in [5, 5.41) is 8.94. The Bertz CT molecular complexity index is 867. The molecule has 4 rings (SSSR count). The predicted molar refractivity (Wildman–Crippen MR) is 107 cm³/mol. The molecule has 0 radical (unpaired) electrons. The van der Waals surface area contributed by atoms with Crippen LogP contribution >= 0.6 is 11.8 Å². The van der Waals surface area contributed by atoms with Crippen molar-refractivity contribution in [2.24, 2.45) is 0 Å². The number of rotatable bonds is 5. The molecule has 5 nitrogen and oxygen atoms in total. The Hall–Kier alpha value is -2.59. The summed E-state index contributed by atoms with van der Waals surface area (Å²) >= 11 is 1.57. The average molecular weight is 396 g/mol. The lowest BCUT2D eigenvalue weighted by Crippen LogP contribution is -2.56. The van der Waals surface area contributed by atoms with Crippen LogP contribution in [0.2, 0.25) is 0 Å². The van der Waals surface area contributed by atoms with Gasteiger partial charge in [-0.3, -0.25) is 4.79 Å². The number of thioether (sulfide) groups is 1. The highest BCUT2D eigenvalue weighted by molar-refractivity contribution is 7.99. The van der Waals surface area contributed by atoms with Crippen molar-refractivity contribution in [2.75, 3.05) is 23.7 Å². The number of piperazine rings is 1. The van der Waals surface area contributed by atoms with E-state index in [4.69, 9.17) is 5.26 Å². The molecule has 2 aliphatic rings. The van der Waals surface area contributed by atoms with Gasteiger partial charge in [0.05, 0.1) is 11.3 Å². The summed E-state index contributed by atoms with van der Waals surface area (Å²) in [6, 6.07) is 12.8. The van der Waals surface area contributed by atoms with Crippen molar-refractivity contribution in [1.29, 1.82) is 5.26 Å². The molecular formula is C21H21FN4OS. The van der Waals surface area contributed by atoms with Gasteiger partial charge >= 0.3 is 0 Å². The summed E-state index contributed by atoms with van der Waals surface area (Å²) in [6.07, 6.45) is 3.72. The summed E-state index contributed by atoms with van der Waals surface area (Å²) < 4.78 is 13.0. The third-order valence-corrected chi connectivity index (χ3v) is 6.37. The van der Waals surface area contributed by atoms with Crippen LogP contribution in [0, 0.1) is 17.1 Å². The number of carbonyl (C=O) groups is 1. The molecule has 0 N–H and O–H groups in total. The average Bonchev–Trinajstić information content (AvgIpc) is 2.98. The van der Waals surface area contributed by atoms with Crippen molar-refractivity contribution in [2.45, 2.75) is 30.7 Å². The van der Waals surface area contributed by atoms with Crippen LogP contribution in [0.5, 0.6) is 0 Å². The zero-order chi connectivity index (χ0) is 19.5. The predicted octanol–water partition coefficient (Wildman–Crippen LogP) is 3.21. The minimum absolute atomic E-state index is 0.163. The van der Waals surface area contributed by atoms with Gasteiger partial charge in [0.2, 0.25) is 5.91 Å². The minimum atomic E-state index is -0.241. The SMILES string of the molecule is N#Cc1ccc(N2C3CCC2CN(C(=O)CSCc2ccc(F)cc2)C3)nc1. The van der Waals surface area contributed by atoms with Gasteiger partial charge in [-0.15, -0.1) is 11.8 Å². The molecule has 2 bridgehead atoms. The Morgan fingerprint density at radius 3 is 2.50 bits per heavy atom. The van der Waals surface area contributed by atoms with E-state index in [1.54, 1.807) is 36.2 Å². The van der Waals surface area contributed by atoms with Gasteiger partial charge in [0.25, 0.3) is 0 Å². The standard InChI is InChI=1S/C21H21FN4OS/c22-17-4-1-15(2-5-17)13-28-14-21(27)25-11-18-6-7-19(12-25)26(18)20-8-3-16(9-23)10-24-20/h1-5,8,10,18-19H,6-7,11-14H2. The molecule has 2 atom stereocenters. The van der Waals surface area contributed by atoms with Gasteiger partial charge < -0.3 is 9.80 Å². The quantitative estimate of drug-likeness (QED) is 0.777. The largest absolute Gasteiger partial charge is 0.347 e. The molecule has 2 saturated heterocycles.